The second-order valence-corrected chi connectivity index (χ2v) is 8.55. The SMILES string of the molecule is CCOc1ccc(CC(=O)N2CCN(S(=O)(=O)c3ccccc3C#N)CC2)cc1. The molecule has 3 rings (SSSR count). The van der Waals surface area contributed by atoms with E-state index in [4.69, 9.17) is 4.74 Å². The van der Waals surface area contributed by atoms with Crippen molar-refractivity contribution >= 4 is 15.9 Å². The second kappa shape index (κ2) is 9.07. The first kappa shape index (κ1) is 20.8. The molecule has 0 aliphatic carbocycles. The van der Waals surface area contributed by atoms with Crippen molar-refractivity contribution in [1.82, 2.24) is 9.21 Å². The lowest BCUT2D eigenvalue weighted by Crippen LogP contribution is -2.50. The average molecular weight is 413 g/mol. The minimum absolute atomic E-state index is 0.0108. The third-order valence-electron chi connectivity index (χ3n) is 4.81. The van der Waals surface area contributed by atoms with Crippen molar-refractivity contribution in [1.29, 1.82) is 5.26 Å². The van der Waals surface area contributed by atoms with Crippen LogP contribution in [-0.4, -0.2) is 56.3 Å². The summed E-state index contributed by atoms with van der Waals surface area (Å²) in [5, 5.41) is 9.19. The highest BCUT2D eigenvalue weighted by molar-refractivity contribution is 7.89. The summed E-state index contributed by atoms with van der Waals surface area (Å²) in [6.07, 6.45) is 0.260. The van der Waals surface area contributed by atoms with E-state index in [0.29, 0.717) is 19.7 Å². The van der Waals surface area contributed by atoms with Crippen molar-refractivity contribution in [2.75, 3.05) is 32.8 Å². The Hall–Kier alpha value is -2.89. The van der Waals surface area contributed by atoms with Gasteiger partial charge in [-0.1, -0.05) is 24.3 Å². The fourth-order valence-corrected chi connectivity index (χ4v) is 4.82. The molecular weight excluding hydrogens is 390 g/mol. The summed E-state index contributed by atoms with van der Waals surface area (Å²) in [7, 11) is -3.76. The molecule has 29 heavy (non-hydrogen) atoms. The van der Waals surface area contributed by atoms with Crippen LogP contribution in [0.1, 0.15) is 18.1 Å². The molecule has 1 amide bonds. The van der Waals surface area contributed by atoms with Gasteiger partial charge in [-0.05, 0) is 36.8 Å². The van der Waals surface area contributed by atoms with Gasteiger partial charge in [0, 0.05) is 26.2 Å². The van der Waals surface area contributed by atoms with Crippen LogP contribution >= 0.6 is 0 Å². The Kier molecular flexibility index (Phi) is 6.52. The molecule has 152 valence electrons. The molecule has 1 fully saturated rings. The minimum Gasteiger partial charge on any atom is -0.494 e. The van der Waals surface area contributed by atoms with Gasteiger partial charge in [-0.3, -0.25) is 4.79 Å². The van der Waals surface area contributed by atoms with Crippen LogP contribution in [0.2, 0.25) is 0 Å². The van der Waals surface area contributed by atoms with Gasteiger partial charge in [0.15, 0.2) is 0 Å². The summed E-state index contributed by atoms with van der Waals surface area (Å²) in [5.74, 6) is 0.726. The van der Waals surface area contributed by atoms with Crippen molar-refractivity contribution < 1.29 is 17.9 Å². The van der Waals surface area contributed by atoms with Crippen molar-refractivity contribution in [3.8, 4) is 11.8 Å². The molecule has 7 nitrogen and oxygen atoms in total. The van der Waals surface area contributed by atoms with Crippen molar-refractivity contribution in [3.05, 3.63) is 59.7 Å². The highest BCUT2D eigenvalue weighted by Gasteiger charge is 2.31. The van der Waals surface area contributed by atoms with Gasteiger partial charge in [-0.25, -0.2) is 8.42 Å². The van der Waals surface area contributed by atoms with Gasteiger partial charge >= 0.3 is 0 Å². The number of carbonyl (C=O) groups excluding carboxylic acids is 1. The van der Waals surface area contributed by atoms with Gasteiger partial charge in [0.05, 0.1) is 23.5 Å². The van der Waals surface area contributed by atoms with Gasteiger partial charge in [-0.2, -0.15) is 9.57 Å². The van der Waals surface area contributed by atoms with Gasteiger partial charge < -0.3 is 9.64 Å². The first-order valence-corrected chi connectivity index (χ1v) is 10.9. The first-order chi connectivity index (χ1) is 14.0. The molecule has 0 saturated carbocycles. The smallest absolute Gasteiger partial charge is 0.244 e. The van der Waals surface area contributed by atoms with Crippen molar-refractivity contribution in [2.45, 2.75) is 18.2 Å². The summed E-state index contributed by atoms with van der Waals surface area (Å²) in [6.45, 7) is 3.56. The normalized spacial score (nSPS) is 15.0. The molecule has 8 heteroatoms. The van der Waals surface area contributed by atoms with E-state index >= 15 is 0 Å². The molecule has 0 aromatic heterocycles. The van der Waals surface area contributed by atoms with E-state index in [-0.39, 0.29) is 35.9 Å². The molecule has 1 aliphatic heterocycles. The molecule has 0 bridgehead atoms. The number of carbonyl (C=O) groups is 1. The highest BCUT2D eigenvalue weighted by atomic mass is 32.2. The number of hydrogen-bond acceptors (Lipinski definition) is 5. The van der Waals surface area contributed by atoms with E-state index in [9.17, 15) is 18.5 Å². The molecule has 1 heterocycles. The van der Waals surface area contributed by atoms with Crippen LogP contribution in [0.25, 0.3) is 0 Å². The Bertz CT molecular complexity index is 1000. The second-order valence-electron chi connectivity index (χ2n) is 6.65. The Morgan fingerprint density at radius 3 is 2.34 bits per heavy atom. The number of benzene rings is 2. The molecular formula is C21H23N3O4S. The monoisotopic (exact) mass is 413 g/mol. The molecule has 1 aliphatic rings. The largest absolute Gasteiger partial charge is 0.494 e. The van der Waals surface area contributed by atoms with E-state index in [1.54, 1.807) is 17.0 Å². The Morgan fingerprint density at radius 2 is 1.72 bits per heavy atom. The highest BCUT2D eigenvalue weighted by Crippen LogP contribution is 2.21. The number of amides is 1. The maximum Gasteiger partial charge on any atom is 0.244 e. The number of rotatable bonds is 6. The zero-order chi connectivity index (χ0) is 20.9. The van der Waals surface area contributed by atoms with Crippen LogP contribution in [0.5, 0.6) is 5.75 Å². The van der Waals surface area contributed by atoms with E-state index in [0.717, 1.165) is 11.3 Å². The van der Waals surface area contributed by atoms with Crippen LogP contribution in [-0.2, 0) is 21.2 Å². The molecule has 0 N–H and O–H groups in total. The van der Waals surface area contributed by atoms with E-state index in [1.807, 2.05) is 37.3 Å². The molecule has 1 saturated heterocycles. The van der Waals surface area contributed by atoms with Crippen LogP contribution < -0.4 is 4.74 Å². The maximum absolute atomic E-state index is 12.9. The molecule has 2 aromatic rings. The molecule has 0 spiro atoms. The molecule has 0 radical (unpaired) electrons. The topological polar surface area (TPSA) is 90.7 Å². The summed E-state index contributed by atoms with van der Waals surface area (Å²) in [4.78, 5) is 14.3. The fourth-order valence-electron chi connectivity index (χ4n) is 3.26. The van der Waals surface area contributed by atoms with Gasteiger partial charge in [0.2, 0.25) is 15.9 Å². The Labute approximate surface area is 171 Å². The number of sulfonamides is 1. The third kappa shape index (κ3) is 4.75. The minimum atomic E-state index is -3.76. The van der Waals surface area contributed by atoms with Gasteiger partial charge in [-0.15, -0.1) is 0 Å². The number of piperazine rings is 1. The average Bonchev–Trinajstić information content (AvgIpc) is 2.75. The van der Waals surface area contributed by atoms with Crippen LogP contribution in [0, 0.1) is 11.3 Å². The number of nitrogens with zero attached hydrogens (tertiary/aromatic N) is 3. The van der Waals surface area contributed by atoms with Gasteiger partial charge in [0.25, 0.3) is 0 Å². The Balaban J connectivity index is 1.61. The number of nitriles is 1. The number of hydrogen-bond donors (Lipinski definition) is 0. The lowest BCUT2D eigenvalue weighted by Gasteiger charge is -2.34. The third-order valence-corrected chi connectivity index (χ3v) is 6.76. The number of ether oxygens (including phenoxy) is 1. The maximum atomic E-state index is 12.9. The van der Waals surface area contributed by atoms with Crippen molar-refractivity contribution in [3.63, 3.8) is 0 Å². The van der Waals surface area contributed by atoms with E-state index < -0.39 is 10.0 Å². The lowest BCUT2D eigenvalue weighted by molar-refractivity contribution is -0.131. The van der Waals surface area contributed by atoms with Crippen molar-refractivity contribution in [2.24, 2.45) is 0 Å². The zero-order valence-corrected chi connectivity index (χ0v) is 17.1. The van der Waals surface area contributed by atoms with Crippen LogP contribution in [0.15, 0.2) is 53.4 Å². The van der Waals surface area contributed by atoms with E-state index in [1.165, 1.54) is 16.4 Å². The van der Waals surface area contributed by atoms with Gasteiger partial charge in [0.1, 0.15) is 11.8 Å². The van der Waals surface area contributed by atoms with Crippen LogP contribution in [0.3, 0.4) is 0 Å². The fraction of sp³-hybridized carbons (Fsp3) is 0.333. The standard InChI is InChI=1S/C21H23N3O4S/c1-2-28-19-9-7-17(8-10-19)15-21(25)23-11-13-24(14-12-23)29(26,27)20-6-4-3-5-18(20)16-22/h3-10H,2,11-15H2,1H3. The molecule has 2 aromatic carbocycles. The lowest BCUT2D eigenvalue weighted by atomic mass is 10.1. The molecule has 0 unspecified atom stereocenters. The van der Waals surface area contributed by atoms with E-state index in [2.05, 4.69) is 0 Å². The predicted octanol–water partition coefficient (Wildman–Crippen LogP) is 2.03. The summed E-state index contributed by atoms with van der Waals surface area (Å²) in [6, 6.07) is 15.5. The first-order valence-electron chi connectivity index (χ1n) is 9.44. The zero-order valence-electron chi connectivity index (χ0n) is 16.2. The van der Waals surface area contributed by atoms with Crippen LogP contribution in [0.4, 0.5) is 0 Å². The predicted molar refractivity (Wildman–Crippen MR) is 108 cm³/mol. The summed E-state index contributed by atoms with van der Waals surface area (Å²) in [5.41, 5.74) is 1.01. The summed E-state index contributed by atoms with van der Waals surface area (Å²) < 4.78 is 32.5. The summed E-state index contributed by atoms with van der Waals surface area (Å²) >= 11 is 0. The Morgan fingerprint density at radius 1 is 1.07 bits per heavy atom. The molecule has 0 atom stereocenters. The quantitative estimate of drug-likeness (QED) is 0.723.